The Bertz CT molecular complexity index is 429. The van der Waals surface area contributed by atoms with Crippen LogP contribution in [0.4, 0.5) is 0 Å². The molecule has 1 aromatic carbocycles. The second-order valence-corrected chi connectivity index (χ2v) is 5.24. The second-order valence-electron chi connectivity index (χ2n) is 5.24. The standard InChI is InChI=1S/C15H23NO3/c1-5-18-14(17)13(16)10-15(3,4)19-12-8-6-7-11(2)9-12/h6-9,13H,5,10,16H2,1-4H3. The first kappa shape index (κ1) is 15.5. The minimum Gasteiger partial charge on any atom is -0.488 e. The highest BCUT2D eigenvalue weighted by Crippen LogP contribution is 2.23. The monoisotopic (exact) mass is 265 g/mol. The Morgan fingerprint density at radius 1 is 1.42 bits per heavy atom. The molecule has 4 nitrogen and oxygen atoms in total. The molecule has 0 aromatic heterocycles. The Balaban J connectivity index is 2.63. The zero-order valence-electron chi connectivity index (χ0n) is 12.1. The van der Waals surface area contributed by atoms with Crippen LogP contribution in [0.2, 0.25) is 0 Å². The molecule has 1 aromatic rings. The summed E-state index contributed by atoms with van der Waals surface area (Å²) in [7, 11) is 0. The summed E-state index contributed by atoms with van der Waals surface area (Å²) in [4.78, 5) is 11.5. The predicted octanol–water partition coefficient (Wildman–Crippen LogP) is 2.43. The van der Waals surface area contributed by atoms with Gasteiger partial charge in [-0.3, -0.25) is 4.79 Å². The maximum atomic E-state index is 11.5. The quantitative estimate of drug-likeness (QED) is 0.802. The zero-order chi connectivity index (χ0) is 14.5. The van der Waals surface area contributed by atoms with Crippen LogP contribution in [0.1, 0.15) is 32.8 Å². The fraction of sp³-hybridized carbons (Fsp3) is 0.533. The van der Waals surface area contributed by atoms with Crippen molar-refractivity contribution in [1.29, 1.82) is 0 Å². The van der Waals surface area contributed by atoms with Crippen molar-refractivity contribution >= 4 is 5.97 Å². The Hall–Kier alpha value is -1.55. The summed E-state index contributed by atoms with van der Waals surface area (Å²) in [6, 6.07) is 7.12. The van der Waals surface area contributed by atoms with Crippen LogP contribution in [0.3, 0.4) is 0 Å². The van der Waals surface area contributed by atoms with Gasteiger partial charge in [0.2, 0.25) is 0 Å². The molecule has 0 bridgehead atoms. The van der Waals surface area contributed by atoms with Crippen LogP contribution in [0.5, 0.6) is 5.75 Å². The molecule has 0 aliphatic carbocycles. The lowest BCUT2D eigenvalue weighted by atomic mass is 9.99. The van der Waals surface area contributed by atoms with Gasteiger partial charge >= 0.3 is 5.97 Å². The number of esters is 1. The van der Waals surface area contributed by atoms with E-state index in [4.69, 9.17) is 15.2 Å². The summed E-state index contributed by atoms with van der Waals surface area (Å²) in [6.07, 6.45) is 0.403. The van der Waals surface area contributed by atoms with Gasteiger partial charge in [-0.1, -0.05) is 12.1 Å². The number of nitrogens with two attached hydrogens (primary N) is 1. The lowest BCUT2D eigenvalue weighted by Gasteiger charge is -2.28. The number of rotatable bonds is 6. The Morgan fingerprint density at radius 3 is 2.68 bits per heavy atom. The molecule has 1 rings (SSSR count). The van der Waals surface area contributed by atoms with Crippen molar-refractivity contribution in [2.45, 2.75) is 45.8 Å². The van der Waals surface area contributed by atoms with Crippen molar-refractivity contribution in [3.8, 4) is 5.75 Å². The van der Waals surface area contributed by atoms with Gasteiger partial charge in [-0.25, -0.2) is 0 Å². The van der Waals surface area contributed by atoms with E-state index in [0.717, 1.165) is 11.3 Å². The topological polar surface area (TPSA) is 61.5 Å². The summed E-state index contributed by atoms with van der Waals surface area (Å²) in [5.74, 6) is 0.393. The van der Waals surface area contributed by atoms with Crippen LogP contribution in [-0.2, 0) is 9.53 Å². The molecule has 2 N–H and O–H groups in total. The molecule has 0 spiro atoms. The summed E-state index contributed by atoms with van der Waals surface area (Å²) in [5.41, 5.74) is 6.42. The van der Waals surface area contributed by atoms with Crippen molar-refractivity contribution in [1.82, 2.24) is 0 Å². The average molecular weight is 265 g/mol. The zero-order valence-corrected chi connectivity index (χ0v) is 12.1. The first-order valence-electron chi connectivity index (χ1n) is 6.52. The van der Waals surface area contributed by atoms with E-state index in [9.17, 15) is 4.79 Å². The lowest BCUT2D eigenvalue weighted by Crippen LogP contribution is -2.42. The molecule has 4 heteroatoms. The van der Waals surface area contributed by atoms with Gasteiger partial charge in [-0.15, -0.1) is 0 Å². The number of aryl methyl sites for hydroxylation is 1. The van der Waals surface area contributed by atoms with Crippen LogP contribution < -0.4 is 10.5 Å². The van der Waals surface area contributed by atoms with E-state index < -0.39 is 11.6 Å². The molecule has 1 unspecified atom stereocenters. The van der Waals surface area contributed by atoms with E-state index in [-0.39, 0.29) is 5.97 Å². The Morgan fingerprint density at radius 2 is 2.11 bits per heavy atom. The van der Waals surface area contributed by atoms with Gasteiger partial charge in [-0.2, -0.15) is 0 Å². The highest BCUT2D eigenvalue weighted by Gasteiger charge is 2.28. The van der Waals surface area contributed by atoms with Crippen LogP contribution in [0.25, 0.3) is 0 Å². The third kappa shape index (κ3) is 5.30. The normalized spacial score (nSPS) is 12.9. The molecule has 0 radical (unpaired) electrons. The van der Waals surface area contributed by atoms with Crippen molar-refractivity contribution in [3.05, 3.63) is 29.8 Å². The number of ether oxygens (including phenoxy) is 2. The van der Waals surface area contributed by atoms with E-state index in [1.807, 2.05) is 45.0 Å². The van der Waals surface area contributed by atoms with Crippen LogP contribution >= 0.6 is 0 Å². The van der Waals surface area contributed by atoms with Gasteiger partial charge in [0.25, 0.3) is 0 Å². The minimum atomic E-state index is -0.667. The molecule has 0 aliphatic heterocycles. The third-order valence-corrected chi connectivity index (χ3v) is 2.68. The van der Waals surface area contributed by atoms with Gasteiger partial charge < -0.3 is 15.2 Å². The van der Waals surface area contributed by atoms with Crippen LogP contribution in [-0.4, -0.2) is 24.2 Å². The number of hydrogen-bond acceptors (Lipinski definition) is 4. The van der Waals surface area contributed by atoms with Crippen molar-refractivity contribution in [2.24, 2.45) is 5.73 Å². The SMILES string of the molecule is CCOC(=O)C(N)CC(C)(C)Oc1cccc(C)c1. The van der Waals surface area contributed by atoms with Crippen molar-refractivity contribution in [2.75, 3.05) is 6.61 Å². The largest absolute Gasteiger partial charge is 0.488 e. The van der Waals surface area contributed by atoms with E-state index in [1.54, 1.807) is 6.92 Å². The van der Waals surface area contributed by atoms with Crippen molar-refractivity contribution in [3.63, 3.8) is 0 Å². The van der Waals surface area contributed by atoms with Crippen LogP contribution in [0, 0.1) is 6.92 Å². The van der Waals surface area contributed by atoms with Gasteiger partial charge in [0.1, 0.15) is 17.4 Å². The third-order valence-electron chi connectivity index (χ3n) is 2.68. The maximum Gasteiger partial charge on any atom is 0.323 e. The molecule has 19 heavy (non-hydrogen) atoms. The van der Waals surface area contributed by atoms with E-state index in [2.05, 4.69) is 0 Å². The van der Waals surface area contributed by atoms with E-state index >= 15 is 0 Å². The van der Waals surface area contributed by atoms with E-state index in [0.29, 0.717) is 13.0 Å². The molecule has 1 atom stereocenters. The van der Waals surface area contributed by atoms with E-state index in [1.165, 1.54) is 0 Å². The maximum absolute atomic E-state index is 11.5. The minimum absolute atomic E-state index is 0.339. The number of carbonyl (C=O) groups excluding carboxylic acids is 1. The highest BCUT2D eigenvalue weighted by molar-refractivity contribution is 5.75. The Kier molecular flexibility index (Phi) is 5.36. The Labute approximate surface area is 114 Å². The summed E-state index contributed by atoms with van der Waals surface area (Å²) >= 11 is 0. The number of carbonyl (C=O) groups is 1. The first-order chi connectivity index (χ1) is 8.84. The molecule has 0 aliphatic rings. The first-order valence-corrected chi connectivity index (χ1v) is 6.52. The molecular weight excluding hydrogens is 242 g/mol. The fourth-order valence-electron chi connectivity index (χ4n) is 1.90. The predicted molar refractivity (Wildman–Crippen MR) is 75.1 cm³/mol. The second kappa shape index (κ2) is 6.57. The smallest absolute Gasteiger partial charge is 0.323 e. The van der Waals surface area contributed by atoms with Crippen LogP contribution in [0.15, 0.2) is 24.3 Å². The molecule has 0 saturated carbocycles. The molecule has 106 valence electrons. The van der Waals surface area contributed by atoms with Crippen molar-refractivity contribution < 1.29 is 14.3 Å². The molecule has 0 fully saturated rings. The summed E-state index contributed by atoms with van der Waals surface area (Å²) in [6.45, 7) is 7.93. The van der Waals surface area contributed by atoms with Gasteiger partial charge in [-0.05, 0) is 45.4 Å². The lowest BCUT2D eigenvalue weighted by molar-refractivity contribution is -0.145. The van der Waals surface area contributed by atoms with Gasteiger partial charge in [0.05, 0.1) is 6.61 Å². The molecule has 0 heterocycles. The number of benzene rings is 1. The van der Waals surface area contributed by atoms with Gasteiger partial charge in [0.15, 0.2) is 0 Å². The fourth-order valence-corrected chi connectivity index (χ4v) is 1.90. The van der Waals surface area contributed by atoms with Gasteiger partial charge in [0, 0.05) is 6.42 Å². The summed E-state index contributed by atoms with van der Waals surface area (Å²) in [5, 5.41) is 0. The summed E-state index contributed by atoms with van der Waals surface area (Å²) < 4.78 is 10.8. The number of hydrogen-bond donors (Lipinski definition) is 1. The molecule has 0 amide bonds. The molecular formula is C15H23NO3. The average Bonchev–Trinajstić information content (AvgIpc) is 2.27. The highest BCUT2D eigenvalue weighted by atomic mass is 16.5. The molecule has 0 saturated heterocycles.